The molecule has 1 aromatic heterocycles. The molecule has 0 bridgehead atoms. The van der Waals surface area contributed by atoms with Crippen LogP contribution in [0.1, 0.15) is 27.2 Å². The lowest BCUT2D eigenvalue weighted by molar-refractivity contribution is 0.0936. The number of aryl methyl sites for hydroxylation is 3. The Bertz CT molecular complexity index is 644. The van der Waals surface area contributed by atoms with E-state index < -0.39 is 0 Å². The van der Waals surface area contributed by atoms with Crippen LogP contribution < -0.4 is 5.32 Å². The molecular formula is C17H22N2O2. The van der Waals surface area contributed by atoms with Crippen LogP contribution in [0, 0.1) is 20.8 Å². The molecule has 0 unspecified atom stereocenters. The van der Waals surface area contributed by atoms with E-state index in [9.17, 15) is 4.79 Å². The Hall–Kier alpha value is -2.07. The van der Waals surface area contributed by atoms with Gasteiger partial charge >= 0.3 is 0 Å². The van der Waals surface area contributed by atoms with Crippen molar-refractivity contribution in [3.8, 4) is 11.3 Å². The Morgan fingerprint density at radius 2 is 1.95 bits per heavy atom. The van der Waals surface area contributed by atoms with E-state index in [4.69, 9.17) is 4.74 Å². The molecular weight excluding hydrogens is 264 g/mol. The first-order chi connectivity index (χ1) is 10.0. The number of benzene rings is 1. The largest absolute Gasteiger partial charge is 0.383 e. The average molecular weight is 286 g/mol. The molecule has 1 amide bonds. The Kier molecular flexibility index (Phi) is 4.81. The maximum atomic E-state index is 12.1. The minimum absolute atomic E-state index is 0.0733. The zero-order chi connectivity index (χ0) is 15.4. The molecule has 0 fully saturated rings. The highest BCUT2D eigenvalue weighted by Gasteiger charge is 2.13. The Morgan fingerprint density at radius 1 is 1.19 bits per heavy atom. The number of H-pyrrole nitrogens is 1. The molecule has 1 aromatic carbocycles. The fourth-order valence-electron chi connectivity index (χ4n) is 2.22. The summed E-state index contributed by atoms with van der Waals surface area (Å²) in [5.41, 5.74) is 6.12. The highest BCUT2D eigenvalue weighted by molar-refractivity contribution is 5.96. The summed E-state index contributed by atoms with van der Waals surface area (Å²) >= 11 is 0. The minimum Gasteiger partial charge on any atom is -0.383 e. The molecule has 0 atom stereocenters. The number of rotatable bonds is 5. The molecule has 21 heavy (non-hydrogen) atoms. The van der Waals surface area contributed by atoms with Gasteiger partial charge in [-0.1, -0.05) is 12.1 Å². The van der Waals surface area contributed by atoms with Crippen LogP contribution in [-0.4, -0.2) is 31.2 Å². The molecule has 112 valence electrons. The fourth-order valence-corrected chi connectivity index (χ4v) is 2.22. The van der Waals surface area contributed by atoms with E-state index >= 15 is 0 Å². The molecule has 4 nitrogen and oxygen atoms in total. The van der Waals surface area contributed by atoms with E-state index in [2.05, 4.69) is 42.3 Å². The van der Waals surface area contributed by atoms with Crippen LogP contribution in [0.25, 0.3) is 11.3 Å². The maximum absolute atomic E-state index is 12.1. The topological polar surface area (TPSA) is 54.1 Å². The van der Waals surface area contributed by atoms with Crippen molar-refractivity contribution in [1.29, 1.82) is 0 Å². The Morgan fingerprint density at radius 3 is 2.62 bits per heavy atom. The summed E-state index contributed by atoms with van der Waals surface area (Å²) in [5, 5.41) is 2.84. The Labute approximate surface area is 125 Å². The van der Waals surface area contributed by atoms with Gasteiger partial charge in [0, 0.05) is 25.0 Å². The molecule has 0 saturated carbocycles. The third-order valence-corrected chi connectivity index (χ3v) is 3.67. The molecule has 2 rings (SSSR count). The van der Waals surface area contributed by atoms with Crippen LogP contribution in [0.2, 0.25) is 0 Å². The lowest BCUT2D eigenvalue weighted by atomic mass is 10.0. The van der Waals surface area contributed by atoms with Crippen molar-refractivity contribution in [3.05, 3.63) is 46.6 Å². The molecule has 4 heteroatoms. The van der Waals surface area contributed by atoms with Crippen LogP contribution in [0.15, 0.2) is 24.3 Å². The normalized spacial score (nSPS) is 10.7. The first-order valence-electron chi connectivity index (χ1n) is 7.07. The van der Waals surface area contributed by atoms with E-state index in [-0.39, 0.29) is 5.91 Å². The number of hydrogen-bond acceptors (Lipinski definition) is 2. The van der Waals surface area contributed by atoms with E-state index in [1.807, 2.05) is 13.0 Å². The summed E-state index contributed by atoms with van der Waals surface area (Å²) < 4.78 is 4.93. The van der Waals surface area contributed by atoms with Crippen LogP contribution in [0.4, 0.5) is 0 Å². The standard InChI is InChI=1S/C17H22N2O2/c1-11-5-6-14(9-12(11)2)16-10-15(13(3)19-16)17(20)18-7-8-21-4/h5-6,9-10,19H,7-8H2,1-4H3,(H,18,20). The van der Waals surface area contributed by atoms with Gasteiger partial charge in [-0.2, -0.15) is 0 Å². The van der Waals surface area contributed by atoms with Gasteiger partial charge in [0.05, 0.1) is 12.2 Å². The summed E-state index contributed by atoms with van der Waals surface area (Å²) in [7, 11) is 1.62. The van der Waals surface area contributed by atoms with E-state index in [1.54, 1.807) is 7.11 Å². The number of methoxy groups -OCH3 is 1. The van der Waals surface area contributed by atoms with Gasteiger partial charge in [-0.25, -0.2) is 0 Å². The number of hydrogen-bond donors (Lipinski definition) is 2. The molecule has 0 spiro atoms. The lowest BCUT2D eigenvalue weighted by Crippen LogP contribution is -2.27. The van der Waals surface area contributed by atoms with Crippen molar-refractivity contribution in [2.75, 3.05) is 20.3 Å². The number of amides is 1. The number of carbonyl (C=O) groups is 1. The minimum atomic E-state index is -0.0733. The molecule has 0 radical (unpaired) electrons. The van der Waals surface area contributed by atoms with Crippen molar-refractivity contribution < 1.29 is 9.53 Å². The Balaban J connectivity index is 2.22. The molecule has 2 N–H and O–H groups in total. The first-order valence-corrected chi connectivity index (χ1v) is 7.07. The van der Waals surface area contributed by atoms with E-state index in [0.29, 0.717) is 18.7 Å². The highest BCUT2D eigenvalue weighted by atomic mass is 16.5. The second kappa shape index (κ2) is 6.59. The van der Waals surface area contributed by atoms with Crippen molar-refractivity contribution in [3.63, 3.8) is 0 Å². The summed E-state index contributed by atoms with van der Waals surface area (Å²) in [4.78, 5) is 15.4. The second-order valence-electron chi connectivity index (χ2n) is 5.27. The number of ether oxygens (including phenoxy) is 1. The van der Waals surface area contributed by atoms with Gasteiger partial charge in [-0.05, 0) is 49.6 Å². The summed E-state index contributed by atoms with van der Waals surface area (Å²) in [5.74, 6) is -0.0733. The maximum Gasteiger partial charge on any atom is 0.253 e. The van der Waals surface area contributed by atoms with Crippen molar-refractivity contribution >= 4 is 5.91 Å². The zero-order valence-electron chi connectivity index (χ0n) is 13.0. The van der Waals surface area contributed by atoms with Gasteiger partial charge in [0.1, 0.15) is 0 Å². The van der Waals surface area contributed by atoms with Crippen LogP contribution in [-0.2, 0) is 4.74 Å². The number of aromatic amines is 1. The highest BCUT2D eigenvalue weighted by Crippen LogP contribution is 2.24. The average Bonchev–Trinajstić information content (AvgIpc) is 2.84. The van der Waals surface area contributed by atoms with Crippen molar-refractivity contribution in [2.45, 2.75) is 20.8 Å². The van der Waals surface area contributed by atoms with Crippen molar-refractivity contribution in [2.24, 2.45) is 0 Å². The van der Waals surface area contributed by atoms with Gasteiger partial charge in [0.15, 0.2) is 0 Å². The van der Waals surface area contributed by atoms with Crippen molar-refractivity contribution in [1.82, 2.24) is 10.3 Å². The third kappa shape index (κ3) is 3.52. The quantitative estimate of drug-likeness (QED) is 0.830. The molecule has 0 aliphatic rings. The lowest BCUT2D eigenvalue weighted by Gasteiger charge is -2.03. The second-order valence-corrected chi connectivity index (χ2v) is 5.27. The van der Waals surface area contributed by atoms with Crippen LogP contribution >= 0.6 is 0 Å². The van der Waals surface area contributed by atoms with Gasteiger partial charge in [-0.15, -0.1) is 0 Å². The molecule has 0 saturated heterocycles. The fraction of sp³-hybridized carbons (Fsp3) is 0.353. The number of aromatic nitrogens is 1. The molecule has 0 aliphatic heterocycles. The smallest absolute Gasteiger partial charge is 0.253 e. The van der Waals surface area contributed by atoms with Gasteiger partial charge < -0.3 is 15.0 Å². The molecule has 0 aliphatic carbocycles. The predicted molar refractivity (Wildman–Crippen MR) is 84.6 cm³/mol. The van der Waals surface area contributed by atoms with Gasteiger partial charge in [0.25, 0.3) is 5.91 Å². The summed E-state index contributed by atoms with van der Waals surface area (Å²) in [6.07, 6.45) is 0. The number of carbonyl (C=O) groups excluding carboxylic acids is 1. The van der Waals surface area contributed by atoms with Crippen LogP contribution in [0.3, 0.4) is 0 Å². The summed E-state index contributed by atoms with van der Waals surface area (Å²) in [6.45, 7) is 7.12. The monoisotopic (exact) mass is 286 g/mol. The zero-order valence-corrected chi connectivity index (χ0v) is 13.0. The SMILES string of the molecule is COCCNC(=O)c1cc(-c2ccc(C)c(C)c2)[nH]c1C. The van der Waals surface area contributed by atoms with Gasteiger partial charge in [0.2, 0.25) is 0 Å². The van der Waals surface area contributed by atoms with Gasteiger partial charge in [-0.3, -0.25) is 4.79 Å². The molecule has 1 heterocycles. The van der Waals surface area contributed by atoms with Crippen LogP contribution in [0.5, 0.6) is 0 Å². The van der Waals surface area contributed by atoms with E-state index in [0.717, 1.165) is 17.0 Å². The summed E-state index contributed by atoms with van der Waals surface area (Å²) in [6, 6.07) is 8.20. The first kappa shape index (κ1) is 15.3. The number of nitrogens with one attached hydrogen (secondary N) is 2. The molecule has 2 aromatic rings. The third-order valence-electron chi connectivity index (χ3n) is 3.67. The van der Waals surface area contributed by atoms with E-state index in [1.165, 1.54) is 11.1 Å². The predicted octanol–water partition coefficient (Wildman–Crippen LogP) is 2.98.